The Morgan fingerprint density at radius 2 is 1.76 bits per heavy atom. The van der Waals surface area contributed by atoms with Crippen molar-refractivity contribution in [2.45, 2.75) is 70.3 Å². The number of carbonyl (C=O) groups excluding carboxylic acids is 2. The van der Waals surface area contributed by atoms with Crippen LogP contribution in [0.1, 0.15) is 78.2 Å². The monoisotopic (exact) mass is 576 g/mol. The van der Waals surface area contributed by atoms with Crippen LogP contribution < -0.4 is 9.64 Å². The van der Waals surface area contributed by atoms with Gasteiger partial charge in [-0.25, -0.2) is 9.78 Å². The molecule has 2 aromatic carbocycles. The van der Waals surface area contributed by atoms with Crippen LogP contribution in [0.3, 0.4) is 0 Å². The van der Waals surface area contributed by atoms with Gasteiger partial charge in [0.2, 0.25) is 10.9 Å². The van der Waals surface area contributed by atoms with E-state index in [1.54, 1.807) is 13.3 Å². The van der Waals surface area contributed by atoms with Gasteiger partial charge in [0.1, 0.15) is 5.75 Å². The molecule has 2 aliphatic carbocycles. The molecule has 1 heterocycles. The molecule has 1 N–H and O–H groups in total. The minimum absolute atomic E-state index is 0.0741. The van der Waals surface area contributed by atoms with Gasteiger partial charge in [-0.15, -0.1) is 11.3 Å². The lowest BCUT2D eigenvalue weighted by Crippen LogP contribution is -2.41. The maximum Gasteiger partial charge on any atom is 0.367 e. The highest BCUT2D eigenvalue weighted by Crippen LogP contribution is 2.39. The van der Waals surface area contributed by atoms with Crippen LogP contribution in [-0.4, -0.2) is 48.8 Å². The summed E-state index contributed by atoms with van der Waals surface area (Å²) >= 11 is 1.29. The van der Waals surface area contributed by atoms with E-state index in [9.17, 15) is 14.7 Å². The van der Waals surface area contributed by atoms with Crippen molar-refractivity contribution in [2.75, 3.05) is 25.7 Å². The highest BCUT2D eigenvalue weighted by Gasteiger charge is 2.32. The highest BCUT2D eigenvalue weighted by molar-refractivity contribution is 7.16. The molecular weight excluding hydrogens is 536 g/mol. The van der Waals surface area contributed by atoms with E-state index in [4.69, 9.17) is 9.47 Å². The SMILES string of the molecule is COC(=O)c1ncc(-c2cccc(N(C[C@H]3CC[C@H](c4ccc(OC)c(C)c4)CC3)C(=O)[C@H]3CC[C@H](O)CC3)c2)s1. The molecule has 218 valence electrons. The van der Waals surface area contributed by atoms with Crippen molar-refractivity contribution in [3.8, 4) is 16.2 Å². The van der Waals surface area contributed by atoms with E-state index in [1.165, 1.54) is 29.6 Å². The molecule has 8 heteroatoms. The summed E-state index contributed by atoms with van der Waals surface area (Å²) in [6.07, 6.45) is 8.52. The Bertz CT molecular complexity index is 1360. The third kappa shape index (κ3) is 6.81. The first-order valence-electron chi connectivity index (χ1n) is 14.6. The summed E-state index contributed by atoms with van der Waals surface area (Å²) in [5.41, 5.74) is 4.34. The number of methoxy groups -OCH3 is 2. The predicted octanol–water partition coefficient (Wildman–Crippen LogP) is 6.77. The molecule has 0 saturated heterocycles. The maximum absolute atomic E-state index is 14.0. The number of aryl methyl sites for hydroxylation is 1. The number of amides is 1. The van der Waals surface area contributed by atoms with Gasteiger partial charge in [-0.2, -0.15) is 0 Å². The molecule has 0 radical (unpaired) electrons. The average molecular weight is 577 g/mol. The van der Waals surface area contributed by atoms with E-state index in [-0.39, 0.29) is 17.9 Å². The summed E-state index contributed by atoms with van der Waals surface area (Å²) in [6, 6.07) is 14.5. The van der Waals surface area contributed by atoms with E-state index in [0.717, 1.165) is 60.4 Å². The molecule has 1 aromatic heterocycles. The molecule has 2 aliphatic rings. The van der Waals surface area contributed by atoms with Crippen LogP contribution in [-0.2, 0) is 9.53 Å². The number of anilines is 1. The van der Waals surface area contributed by atoms with E-state index in [0.29, 0.717) is 36.2 Å². The van der Waals surface area contributed by atoms with E-state index in [1.807, 2.05) is 29.2 Å². The van der Waals surface area contributed by atoms with Crippen LogP contribution in [0.2, 0.25) is 0 Å². The first kappa shape index (κ1) is 29.3. The summed E-state index contributed by atoms with van der Waals surface area (Å²) in [5, 5.41) is 10.4. The van der Waals surface area contributed by atoms with Gasteiger partial charge in [-0.05, 0) is 105 Å². The Morgan fingerprint density at radius 3 is 2.44 bits per heavy atom. The van der Waals surface area contributed by atoms with Crippen molar-refractivity contribution in [3.63, 3.8) is 0 Å². The second-order valence-corrected chi connectivity index (χ2v) is 12.5. The van der Waals surface area contributed by atoms with Gasteiger partial charge < -0.3 is 19.5 Å². The van der Waals surface area contributed by atoms with Crippen LogP contribution in [0.5, 0.6) is 5.75 Å². The van der Waals surface area contributed by atoms with Crippen LogP contribution in [0.25, 0.3) is 10.4 Å². The molecule has 5 rings (SSSR count). The van der Waals surface area contributed by atoms with Crippen molar-refractivity contribution in [1.82, 2.24) is 4.98 Å². The van der Waals surface area contributed by atoms with E-state index in [2.05, 4.69) is 30.1 Å². The lowest BCUT2D eigenvalue weighted by molar-refractivity contribution is -0.124. The van der Waals surface area contributed by atoms with Crippen LogP contribution in [0, 0.1) is 18.8 Å². The summed E-state index contributed by atoms with van der Waals surface area (Å²) in [4.78, 5) is 33.0. The maximum atomic E-state index is 14.0. The zero-order chi connectivity index (χ0) is 28.9. The van der Waals surface area contributed by atoms with Crippen LogP contribution in [0.15, 0.2) is 48.7 Å². The molecular formula is C33H40N2O5S. The fourth-order valence-corrected chi connectivity index (χ4v) is 7.20. The fraction of sp³-hybridized carbons (Fsp3) is 0.485. The molecule has 0 aliphatic heterocycles. The second kappa shape index (κ2) is 13.2. The Morgan fingerprint density at radius 1 is 1.00 bits per heavy atom. The Kier molecular flexibility index (Phi) is 9.40. The van der Waals surface area contributed by atoms with Crippen molar-refractivity contribution < 1.29 is 24.2 Å². The van der Waals surface area contributed by atoms with Gasteiger partial charge >= 0.3 is 5.97 Å². The predicted molar refractivity (Wildman–Crippen MR) is 162 cm³/mol. The highest BCUT2D eigenvalue weighted by atomic mass is 32.1. The zero-order valence-electron chi connectivity index (χ0n) is 24.2. The number of benzene rings is 2. The van der Waals surface area contributed by atoms with Crippen molar-refractivity contribution in [3.05, 3.63) is 64.8 Å². The molecule has 3 aromatic rings. The van der Waals surface area contributed by atoms with Crippen molar-refractivity contribution in [1.29, 1.82) is 0 Å². The number of ether oxygens (including phenoxy) is 2. The number of aromatic nitrogens is 1. The minimum Gasteiger partial charge on any atom is -0.496 e. The first-order chi connectivity index (χ1) is 19.9. The lowest BCUT2D eigenvalue weighted by atomic mass is 9.78. The summed E-state index contributed by atoms with van der Waals surface area (Å²) in [6.45, 7) is 2.78. The van der Waals surface area contributed by atoms with E-state index < -0.39 is 5.97 Å². The Balaban J connectivity index is 1.34. The summed E-state index contributed by atoms with van der Waals surface area (Å²) in [5.74, 6) is 1.50. The zero-order valence-corrected chi connectivity index (χ0v) is 25.0. The molecule has 0 unspecified atom stereocenters. The Hall–Kier alpha value is -3.23. The van der Waals surface area contributed by atoms with Gasteiger partial charge in [0.15, 0.2) is 0 Å². The largest absolute Gasteiger partial charge is 0.496 e. The molecule has 0 atom stereocenters. The number of hydrogen-bond donors (Lipinski definition) is 1. The smallest absolute Gasteiger partial charge is 0.367 e. The number of nitrogens with zero attached hydrogens (tertiary/aromatic N) is 2. The summed E-state index contributed by atoms with van der Waals surface area (Å²) < 4.78 is 10.3. The molecule has 2 fully saturated rings. The van der Waals surface area contributed by atoms with Crippen LogP contribution in [0.4, 0.5) is 5.69 Å². The van der Waals surface area contributed by atoms with E-state index >= 15 is 0 Å². The number of aliphatic hydroxyl groups excluding tert-OH is 1. The number of esters is 1. The number of carbonyl (C=O) groups is 2. The molecule has 0 spiro atoms. The number of thiazole rings is 1. The fourth-order valence-electron chi connectivity index (χ4n) is 6.37. The van der Waals surface area contributed by atoms with Crippen molar-refractivity contribution >= 4 is 28.9 Å². The lowest BCUT2D eigenvalue weighted by Gasteiger charge is -2.36. The number of aliphatic hydroxyl groups is 1. The van der Waals surface area contributed by atoms with Gasteiger partial charge in [0.25, 0.3) is 0 Å². The molecule has 41 heavy (non-hydrogen) atoms. The Labute approximate surface area is 246 Å². The average Bonchev–Trinajstić information content (AvgIpc) is 3.50. The number of rotatable bonds is 8. The topological polar surface area (TPSA) is 89.0 Å². The summed E-state index contributed by atoms with van der Waals surface area (Å²) in [7, 11) is 3.06. The van der Waals surface area contributed by atoms with Gasteiger partial charge in [0, 0.05) is 24.3 Å². The first-order valence-corrected chi connectivity index (χ1v) is 15.5. The molecule has 2 saturated carbocycles. The third-order valence-corrected chi connectivity index (χ3v) is 9.82. The molecule has 0 bridgehead atoms. The standard InChI is InChI=1S/C33H40N2O5S/c1-21-17-25(13-16-29(21)39-2)23-9-7-22(8-10-23)20-35(32(37)24-11-14-28(36)15-12-24)27-6-4-5-26(18-27)30-19-34-31(41-30)33(38)40-3/h4-6,13,16-19,22-24,28,36H,7-12,14-15,20H2,1-3H3/t22-,23-,24-,28-. The van der Waals surface area contributed by atoms with Gasteiger partial charge in [-0.1, -0.05) is 24.3 Å². The van der Waals surface area contributed by atoms with Crippen molar-refractivity contribution in [2.24, 2.45) is 11.8 Å². The normalized spacial score (nSPS) is 22.6. The van der Waals surface area contributed by atoms with Gasteiger partial charge in [-0.3, -0.25) is 4.79 Å². The third-order valence-electron chi connectivity index (χ3n) is 8.80. The quantitative estimate of drug-likeness (QED) is 0.298. The molecule has 7 nitrogen and oxygen atoms in total. The van der Waals surface area contributed by atoms with Crippen LogP contribution >= 0.6 is 11.3 Å². The minimum atomic E-state index is -0.450. The van der Waals surface area contributed by atoms with Gasteiger partial charge in [0.05, 0.1) is 25.2 Å². The second-order valence-electron chi connectivity index (χ2n) is 11.5. The number of hydrogen-bond acceptors (Lipinski definition) is 7. The molecule has 1 amide bonds.